The fourth-order valence-electron chi connectivity index (χ4n) is 4.78. The Hall–Kier alpha value is -4.12. The van der Waals surface area contributed by atoms with Gasteiger partial charge in [-0.05, 0) is 36.2 Å². The van der Waals surface area contributed by atoms with Crippen molar-refractivity contribution in [2.24, 2.45) is 0 Å². The van der Waals surface area contributed by atoms with Crippen LogP contribution in [0.4, 0.5) is 0 Å². The van der Waals surface area contributed by atoms with Crippen molar-refractivity contribution < 1.29 is 9.47 Å². The van der Waals surface area contributed by atoms with Crippen molar-refractivity contribution >= 4 is 38.1 Å². The Morgan fingerprint density at radius 3 is 2.45 bits per heavy atom. The molecule has 0 aliphatic heterocycles. The summed E-state index contributed by atoms with van der Waals surface area (Å²) in [6, 6.07) is 21.7. The molecule has 0 aliphatic rings. The van der Waals surface area contributed by atoms with Crippen molar-refractivity contribution in [3.63, 3.8) is 0 Å². The Balaban J connectivity index is 1.74. The zero-order valence-corrected chi connectivity index (χ0v) is 18.5. The van der Waals surface area contributed by atoms with E-state index in [1.165, 1.54) is 0 Å². The van der Waals surface area contributed by atoms with E-state index in [-0.39, 0.29) is 5.56 Å². The zero-order valence-electron chi connectivity index (χ0n) is 18.5. The first kappa shape index (κ1) is 19.6. The molecule has 3 aromatic heterocycles. The third kappa shape index (κ3) is 2.79. The molecule has 0 aliphatic carbocycles. The lowest BCUT2D eigenvalue weighted by Crippen LogP contribution is -2.13. The van der Waals surface area contributed by atoms with Gasteiger partial charge in [0, 0.05) is 33.3 Å². The Morgan fingerprint density at radius 2 is 1.67 bits per heavy atom. The standard InChI is InChI=1S/C28H22N2O3/c1-3-14-33-23-13-12-17(15-24(23)32-2)21-16-29-26-18-8-4-5-9-19(18)28(31)30-22-11-7-6-10-20(22)25(21)27(26)30/h4-13,15-16H,3,14H2,1-2H3. The normalized spacial score (nSPS) is 11.7. The predicted molar refractivity (Wildman–Crippen MR) is 133 cm³/mol. The van der Waals surface area contributed by atoms with Gasteiger partial charge in [0.25, 0.3) is 5.56 Å². The molecule has 6 aromatic rings. The van der Waals surface area contributed by atoms with Gasteiger partial charge in [-0.1, -0.05) is 49.4 Å². The number of ether oxygens (including phenoxy) is 2. The average Bonchev–Trinajstić information content (AvgIpc) is 3.22. The van der Waals surface area contributed by atoms with Gasteiger partial charge in [-0.15, -0.1) is 0 Å². The molecule has 0 N–H and O–H groups in total. The van der Waals surface area contributed by atoms with Crippen LogP contribution in [-0.2, 0) is 0 Å². The van der Waals surface area contributed by atoms with Crippen LogP contribution in [0.5, 0.6) is 11.5 Å². The second-order valence-electron chi connectivity index (χ2n) is 8.16. The summed E-state index contributed by atoms with van der Waals surface area (Å²) in [5.41, 5.74) is 4.46. The topological polar surface area (TPSA) is 52.8 Å². The number of rotatable bonds is 5. The van der Waals surface area contributed by atoms with Crippen LogP contribution < -0.4 is 15.0 Å². The third-order valence-electron chi connectivity index (χ3n) is 6.24. The Morgan fingerprint density at radius 1 is 0.909 bits per heavy atom. The number of aromatic nitrogens is 2. The maximum absolute atomic E-state index is 13.6. The Kier molecular flexibility index (Phi) is 4.44. The van der Waals surface area contributed by atoms with Crippen LogP contribution >= 0.6 is 0 Å². The zero-order chi connectivity index (χ0) is 22.5. The van der Waals surface area contributed by atoms with E-state index in [1.807, 2.05) is 71.3 Å². The van der Waals surface area contributed by atoms with Crippen molar-refractivity contribution in [3.05, 3.63) is 83.3 Å². The first-order chi connectivity index (χ1) is 16.2. The number of fused-ring (bicyclic) bond motifs is 5. The van der Waals surface area contributed by atoms with Gasteiger partial charge in [0.2, 0.25) is 0 Å². The fourth-order valence-corrected chi connectivity index (χ4v) is 4.78. The highest BCUT2D eigenvalue weighted by molar-refractivity contribution is 6.23. The van der Waals surface area contributed by atoms with Crippen molar-refractivity contribution in [1.82, 2.24) is 9.38 Å². The molecule has 0 saturated heterocycles. The average molecular weight is 434 g/mol. The third-order valence-corrected chi connectivity index (χ3v) is 6.24. The molecule has 0 radical (unpaired) electrons. The molecule has 3 heterocycles. The van der Waals surface area contributed by atoms with Crippen LogP contribution in [0.25, 0.3) is 49.2 Å². The molecule has 6 rings (SSSR count). The van der Waals surface area contributed by atoms with Crippen molar-refractivity contribution in [2.75, 3.05) is 13.7 Å². The highest BCUT2D eigenvalue weighted by atomic mass is 16.5. The van der Waals surface area contributed by atoms with Crippen LogP contribution in [0.2, 0.25) is 0 Å². The van der Waals surface area contributed by atoms with Crippen molar-refractivity contribution in [1.29, 1.82) is 0 Å². The van der Waals surface area contributed by atoms with Gasteiger partial charge >= 0.3 is 0 Å². The lowest BCUT2D eigenvalue weighted by atomic mass is 9.99. The Labute approximate surface area is 190 Å². The lowest BCUT2D eigenvalue weighted by molar-refractivity contribution is 0.294. The number of hydrogen-bond donors (Lipinski definition) is 0. The van der Waals surface area contributed by atoms with Gasteiger partial charge < -0.3 is 9.47 Å². The van der Waals surface area contributed by atoms with Crippen LogP contribution in [0, 0.1) is 0 Å². The van der Waals surface area contributed by atoms with E-state index in [1.54, 1.807) is 7.11 Å². The molecule has 5 heteroatoms. The molecule has 162 valence electrons. The van der Waals surface area contributed by atoms with Crippen LogP contribution in [0.3, 0.4) is 0 Å². The highest BCUT2D eigenvalue weighted by Crippen LogP contribution is 2.41. The minimum Gasteiger partial charge on any atom is -0.493 e. The van der Waals surface area contributed by atoms with Gasteiger partial charge in [0.1, 0.15) is 0 Å². The molecule has 0 fully saturated rings. The number of hydrogen-bond acceptors (Lipinski definition) is 4. The molecule has 0 bridgehead atoms. The second kappa shape index (κ2) is 7.48. The maximum Gasteiger partial charge on any atom is 0.263 e. The molecular formula is C28H22N2O3. The summed E-state index contributed by atoms with van der Waals surface area (Å²) in [5, 5.41) is 3.59. The minimum absolute atomic E-state index is 0.0239. The maximum atomic E-state index is 13.6. The largest absolute Gasteiger partial charge is 0.493 e. The van der Waals surface area contributed by atoms with E-state index in [0.717, 1.165) is 56.0 Å². The molecular weight excluding hydrogens is 412 g/mol. The summed E-state index contributed by atoms with van der Waals surface area (Å²) < 4.78 is 13.3. The van der Waals surface area contributed by atoms with Crippen LogP contribution in [0.15, 0.2) is 77.7 Å². The van der Waals surface area contributed by atoms with E-state index in [0.29, 0.717) is 17.7 Å². The molecule has 0 saturated carbocycles. The van der Waals surface area contributed by atoms with Gasteiger partial charge in [0.05, 0.1) is 30.3 Å². The highest BCUT2D eigenvalue weighted by Gasteiger charge is 2.21. The quantitative estimate of drug-likeness (QED) is 0.310. The first-order valence-corrected chi connectivity index (χ1v) is 11.1. The molecule has 33 heavy (non-hydrogen) atoms. The molecule has 0 spiro atoms. The molecule has 3 aromatic carbocycles. The van der Waals surface area contributed by atoms with E-state index >= 15 is 0 Å². The van der Waals surface area contributed by atoms with E-state index in [9.17, 15) is 4.79 Å². The number of pyridine rings is 2. The van der Waals surface area contributed by atoms with Crippen LogP contribution in [-0.4, -0.2) is 23.1 Å². The summed E-state index contributed by atoms with van der Waals surface area (Å²) >= 11 is 0. The van der Waals surface area contributed by atoms with E-state index < -0.39 is 0 Å². The van der Waals surface area contributed by atoms with E-state index in [2.05, 4.69) is 13.0 Å². The van der Waals surface area contributed by atoms with Gasteiger partial charge in [-0.2, -0.15) is 0 Å². The molecule has 0 atom stereocenters. The number of nitrogens with zero attached hydrogens (tertiary/aromatic N) is 2. The summed E-state index contributed by atoms with van der Waals surface area (Å²) in [6.07, 6.45) is 2.83. The van der Waals surface area contributed by atoms with Gasteiger partial charge in [0.15, 0.2) is 11.5 Å². The number of para-hydroxylation sites is 1. The number of benzene rings is 3. The van der Waals surface area contributed by atoms with Crippen molar-refractivity contribution in [2.45, 2.75) is 13.3 Å². The molecule has 0 amide bonds. The summed E-state index contributed by atoms with van der Waals surface area (Å²) in [5.74, 6) is 1.40. The van der Waals surface area contributed by atoms with Crippen LogP contribution in [0.1, 0.15) is 13.3 Å². The first-order valence-electron chi connectivity index (χ1n) is 11.1. The fraction of sp³-hybridized carbons (Fsp3) is 0.143. The second-order valence-corrected chi connectivity index (χ2v) is 8.16. The predicted octanol–water partition coefficient (Wildman–Crippen LogP) is 6.06. The molecule has 0 unspecified atom stereocenters. The smallest absolute Gasteiger partial charge is 0.263 e. The summed E-state index contributed by atoms with van der Waals surface area (Å²) in [4.78, 5) is 18.4. The lowest BCUT2D eigenvalue weighted by Gasteiger charge is -2.13. The number of methoxy groups -OCH3 is 1. The summed E-state index contributed by atoms with van der Waals surface area (Å²) in [7, 11) is 1.65. The van der Waals surface area contributed by atoms with Gasteiger partial charge in [-0.25, -0.2) is 0 Å². The molecule has 5 nitrogen and oxygen atoms in total. The van der Waals surface area contributed by atoms with Crippen molar-refractivity contribution in [3.8, 4) is 22.6 Å². The monoisotopic (exact) mass is 434 g/mol. The van der Waals surface area contributed by atoms with E-state index in [4.69, 9.17) is 14.5 Å². The Bertz CT molecular complexity index is 1720. The summed E-state index contributed by atoms with van der Waals surface area (Å²) in [6.45, 7) is 2.70. The van der Waals surface area contributed by atoms with Gasteiger partial charge in [-0.3, -0.25) is 14.2 Å². The minimum atomic E-state index is -0.0239. The SMILES string of the molecule is CCCOc1ccc(-c2cnc3c4ccccc4c(=O)n4c5ccccc5c2c34)cc1OC.